The molecule has 2 aliphatic rings. The van der Waals surface area contributed by atoms with Crippen LogP contribution in [-0.4, -0.2) is 48.4 Å². The Kier molecular flexibility index (Phi) is 4.77. The number of hydrogen-bond donors (Lipinski definition) is 0. The SMILES string of the molecule is [2H]C([2H])([2H])Oc1cc(C(=O)N2CC3(CC3)C[C@H]2C(=O)OC)c([N+](=O)[O-])cc1OCc1ccccc1. The van der Waals surface area contributed by atoms with Crippen LogP contribution in [-0.2, 0) is 16.1 Å². The Labute approximate surface area is 189 Å². The average Bonchev–Trinajstić information content (AvgIpc) is 3.46. The number of hydrogen-bond acceptors (Lipinski definition) is 7. The molecule has 0 N–H and O–H groups in total. The van der Waals surface area contributed by atoms with Crippen molar-refractivity contribution in [3.05, 3.63) is 63.7 Å². The fourth-order valence-corrected chi connectivity index (χ4v) is 4.11. The number of benzene rings is 2. The lowest BCUT2D eigenvalue weighted by Gasteiger charge is -2.23. The second-order valence-corrected chi connectivity index (χ2v) is 8.13. The predicted octanol–water partition coefficient (Wildman–Crippen LogP) is 3.35. The molecule has 32 heavy (non-hydrogen) atoms. The second-order valence-electron chi connectivity index (χ2n) is 8.13. The van der Waals surface area contributed by atoms with Crippen molar-refractivity contribution in [3.8, 4) is 11.5 Å². The van der Waals surface area contributed by atoms with E-state index in [1.54, 1.807) is 24.3 Å². The number of carbonyl (C=O) groups excluding carboxylic acids is 2. The van der Waals surface area contributed by atoms with E-state index in [0.717, 1.165) is 30.5 Å². The molecule has 9 nitrogen and oxygen atoms in total. The van der Waals surface area contributed by atoms with E-state index in [9.17, 15) is 19.7 Å². The van der Waals surface area contributed by atoms with Crippen molar-refractivity contribution in [2.75, 3.05) is 20.7 Å². The average molecular weight is 443 g/mol. The van der Waals surface area contributed by atoms with E-state index in [4.69, 9.17) is 18.3 Å². The van der Waals surface area contributed by atoms with Crippen molar-refractivity contribution in [1.29, 1.82) is 0 Å². The van der Waals surface area contributed by atoms with Gasteiger partial charge in [-0.05, 0) is 30.2 Å². The summed E-state index contributed by atoms with van der Waals surface area (Å²) in [6, 6.07) is 10.0. The molecule has 2 aromatic rings. The number of nitrogens with zero attached hydrogens (tertiary/aromatic N) is 2. The highest BCUT2D eigenvalue weighted by Crippen LogP contribution is 2.55. The Balaban J connectivity index is 1.72. The van der Waals surface area contributed by atoms with Gasteiger partial charge in [-0.15, -0.1) is 0 Å². The number of methoxy groups -OCH3 is 2. The smallest absolute Gasteiger partial charge is 0.328 e. The molecule has 0 radical (unpaired) electrons. The number of nitro benzene ring substituents is 1. The number of carbonyl (C=O) groups is 2. The Morgan fingerprint density at radius 3 is 2.62 bits per heavy atom. The molecule has 0 aromatic heterocycles. The zero-order chi connectivity index (χ0) is 25.4. The Bertz CT molecular complexity index is 1150. The summed E-state index contributed by atoms with van der Waals surface area (Å²) in [5.41, 5.74) is -0.438. The van der Waals surface area contributed by atoms with Gasteiger partial charge >= 0.3 is 5.97 Å². The van der Waals surface area contributed by atoms with Gasteiger partial charge in [0, 0.05) is 12.6 Å². The molecular formula is C23H24N2O7. The molecule has 0 unspecified atom stereocenters. The zero-order valence-electron chi connectivity index (χ0n) is 20.4. The molecular weight excluding hydrogens is 416 g/mol. The number of amides is 1. The number of ether oxygens (including phenoxy) is 3. The van der Waals surface area contributed by atoms with Gasteiger partial charge in [0.1, 0.15) is 18.2 Å². The summed E-state index contributed by atoms with van der Waals surface area (Å²) < 4.78 is 38.0. The lowest BCUT2D eigenvalue weighted by Crippen LogP contribution is -2.41. The fraction of sp³-hybridized carbons (Fsp3) is 0.391. The van der Waals surface area contributed by atoms with Crippen molar-refractivity contribution >= 4 is 17.6 Å². The van der Waals surface area contributed by atoms with E-state index < -0.39 is 41.1 Å². The molecule has 168 valence electrons. The van der Waals surface area contributed by atoms with Gasteiger partial charge in [-0.2, -0.15) is 0 Å². The summed E-state index contributed by atoms with van der Waals surface area (Å²) in [6.07, 6.45) is 2.09. The number of esters is 1. The molecule has 1 saturated heterocycles. The van der Waals surface area contributed by atoms with Crippen LogP contribution in [0.1, 0.15) is 39.3 Å². The van der Waals surface area contributed by atoms with E-state index in [1.807, 2.05) is 6.07 Å². The maximum atomic E-state index is 13.5. The maximum Gasteiger partial charge on any atom is 0.328 e. The summed E-state index contributed by atoms with van der Waals surface area (Å²) in [7, 11) is -1.69. The normalized spacial score (nSPS) is 20.1. The van der Waals surface area contributed by atoms with Crippen LogP contribution in [0.5, 0.6) is 11.5 Å². The van der Waals surface area contributed by atoms with Crippen LogP contribution in [0.2, 0.25) is 0 Å². The van der Waals surface area contributed by atoms with E-state index in [1.165, 1.54) is 12.0 Å². The first-order valence-corrected chi connectivity index (χ1v) is 10.1. The van der Waals surface area contributed by atoms with E-state index in [-0.39, 0.29) is 30.1 Å². The summed E-state index contributed by atoms with van der Waals surface area (Å²) in [5.74, 6) is -1.92. The molecule has 1 amide bonds. The van der Waals surface area contributed by atoms with E-state index >= 15 is 0 Å². The molecule has 1 spiro atoms. The van der Waals surface area contributed by atoms with Crippen LogP contribution in [0.3, 0.4) is 0 Å². The van der Waals surface area contributed by atoms with Gasteiger partial charge in [0.15, 0.2) is 11.5 Å². The quantitative estimate of drug-likeness (QED) is 0.367. The molecule has 4 rings (SSSR count). The highest BCUT2D eigenvalue weighted by atomic mass is 16.6. The van der Waals surface area contributed by atoms with Gasteiger partial charge in [0.25, 0.3) is 11.6 Å². The minimum atomic E-state index is -2.90. The molecule has 0 bridgehead atoms. The summed E-state index contributed by atoms with van der Waals surface area (Å²) in [4.78, 5) is 38.3. The minimum absolute atomic E-state index is 0.0122. The van der Waals surface area contributed by atoms with Crippen LogP contribution < -0.4 is 9.47 Å². The highest BCUT2D eigenvalue weighted by molar-refractivity contribution is 6.01. The number of rotatable bonds is 7. The summed E-state index contributed by atoms with van der Waals surface area (Å²) in [6.45, 7) is 0.242. The van der Waals surface area contributed by atoms with Crippen molar-refractivity contribution in [1.82, 2.24) is 4.90 Å². The summed E-state index contributed by atoms with van der Waals surface area (Å²) in [5, 5.41) is 11.9. The standard InChI is InChI=1S/C23H24N2O7/c1-30-19-10-16(21(26)24-14-23(8-9-23)12-18(24)22(27)31-2)17(25(28)29)11-20(19)32-13-15-6-4-3-5-7-15/h3-7,10-11,18H,8-9,12-14H2,1-2H3/t18-/m0/s1/i1D3. The first-order chi connectivity index (χ1) is 16.5. The van der Waals surface area contributed by atoms with Crippen LogP contribution in [0.4, 0.5) is 5.69 Å². The monoisotopic (exact) mass is 443 g/mol. The third-order valence-corrected chi connectivity index (χ3v) is 6.04. The third-order valence-electron chi connectivity index (χ3n) is 6.04. The lowest BCUT2D eigenvalue weighted by atomic mass is 10.0. The largest absolute Gasteiger partial charge is 0.493 e. The van der Waals surface area contributed by atoms with E-state index in [2.05, 4.69) is 0 Å². The summed E-state index contributed by atoms with van der Waals surface area (Å²) >= 11 is 0. The lowest BCUT2D eigenvalue weighted by molar-refractivity contribution is -0.385. The molecule has 2 aromatic carbocycles. The second kappa shape index (κ2) is 8.49. The van der Waals surface area contributed by atoms with Crippen molar-refractivity contribution < 1.29 is 32.8 Å². The highest BCUT2D eigenvalue weighted by Gasteiger charge is 2.56. The Morgan fingerprint density at radius 2 is 2.00 bits per heavy atom. The Hall–Kier alpha value is -3.62. The zero-order valence-corrected chi connectivity index (χ0v) is 17.4. The predicted molar refractivity (Wildman–Crippen MR) is 114 cm³/mol. The number of likely N-dealkylation sites (tertiary alicyclic amines) is 1. The Morgan fingerprint density at radius 1 is 1.25 bits per heavy atom. The first kappa shape index (κ1) is 18.0. The van der Waals surface area contributed by atoms with Gasteiger partial charge in [-0.1, -0.05) is 30.3 Å². The minimum Gasteiger partial charge on any atom is -0.493 e. The molecule has 2 fully saturated rings. The molecule has 1 heterocycles. The van der Waals surface area contributed by atoms with Crippen LogP contribution >= 0.6 is 0 Å². The van der Waals surface area contributed by atoms with Gasteiger partial charge in [-0.3, -0.25) is 14.9 Å². The third kappa shape index (κ3) is 4.10. The molecule has 1 saturated carbocycles. The van der Waals surface area contributed by atoms with Gasteiger partial charge < -0.3 is 19.1 Å². The van der Waals surface area contributed by atoms with Gasteiger partial charge in [0.05, 0.1) is 29.2 Å². The van der Waals surface area contributed by atoms with Crippen LogP contribution in [0.15, 0.2) is 42.5 Å². The van der Waals surface area contributed by atoms with Crippen LogP contribution in [0, 0.1) is 15.5 Å². The topological polar surface area (TPSA) is 108 Å². The van der Waals surface area contributed by atoms with Crippen molar-refractivity contribution in [3.63, 3.8) is 0 Å². The van der Waals surface area contributed by atoms with Crippen molar-refractivity contribution in [2.45, 2.75) is 31.9 Å². The molecule has 9 heteroatoms. The van der Waals surface area contributed by atoms with Crippen molar-refractivity contribution in [2.24, 2.45) is 5.41 Å². The van der Waals surface area contributed by atoms with Gasteiger partial charge in [-0.25, -0.2) is 4.79 Å². The van der Waals surface area contributed by atoms with E-state index in [0.29, 0.717) is 6.42 Å². The molecule has 1 aliphatic heterocycles. The fourth-order valence-electron chi connectivity index (χ4n) is 4.11. The molecule has 1 atom stereocenters. The van der Waals surface area contributed by atoms with Gasteiger partial charge in [0.2, 0.25) is 0 Å². The first-order valence-electron chi connectivity index (χ1n) is 11.6. The van der Waals surface area contributed by atoms with Crippen LogP contribution in [0.25, 0.3) is 0 Å². The maximum absolute atomic E-state index is 13.5. The molecule has 1 aliphatic carbocycles. The number of nitro groups is 1.